The number of esters is 1. The van der Waals surface area contributed by atoms with Crippen LogP contribution in [0.3, 0.4) is 0 Å². The number of aliphatic hydroxyl groups is 1. The van der Waals surface area contributed by atoms with Gasteiger partial charge in [-0.25, -0.2) is 9.78 Å². The molecule has 3 aromatic heterocycles. The lowest BCUT2D eigenvalue weighted by molar-refractivity contribution is 0.0594. The molecule has 0 amide bonds. The Hall–Kier alpha value is -3.47. The second-order valence-corrected chi connectivity index (χ2v) is 8.77. The smallest absolute Gasteiger partial charge is 0.348 e. The van der Waals surface area contributed by atoms with Gasteiger partial charge in [0.2, 0.25) is 0 Å². The van der Waals surface area contributed by atoms with Crippen molar-refractivity contribution in [2.45, 2.75) is 26.1 Å². The van der Waals surface area contributed by atoms with Crippen LogP contribution in [0, 0.1) is 6.92 Å². The number of nitrogens with one attached hydrogen (secondary N) is 1. The first-order chi connectivity index (χ1) is 16.4. The van der Waals surface area contributed by atoms with Crippen molar-refractivity contribution in [3.63, 3.8) is 0 Å². The molecule has 4 rings (SSSR count). The van der Waals surface area contributed by atoms with E-state index in [-0.39, 0.29) is 25.3 Å². The van der Waals surface area contributed by atoms with Gasteiger partial charge in [0, 0.05) is 6.54 Å². The minimum absolute atomic E-state index is 0.105. The number of fused-ring (bicyclic) bond motifs is 1. The summed E-state index contributed by atoms with van der Waals surface area (Å²) in [6, 6.07) is 12.9. The molecule has 0 saturated heterocycles. The molecule has 0 spiro atoms. The molecule has 0 fully saturated rings. The fourth-order valence-electron chi connectivity index (χ4n) is 3.63. The minimum atomic E-state index is -0.791. The first-order valence-electron chi connectivity index (χ1n) is 10.7. The van der Waals surface area contributed by atoms with Crippen molar-refractivity contribution in [2.75, 3.05) is 20.3 Å². The fourth-order valence-corrected chi connectivity index (χ4v) is 4.75. The average Bonchev–Trinajstić information content (AvgIpc) is 3.45. The van der Waals surface area contributed by atoms with Gasteiger partial charge in [0.1, 0.15) is 39.8 Å². The van der Waals surface area contributed by atoms with Gasteiger partial charge in [-0.2, -0.15) is 0 Å². The highest BCUT2D eigenvalue weighted by Gasteiger charge is 2.21. The van der Waals surface area contributed by atoms with E-state index in [1.54, 1.807) is 19.3 Å². The Balaban J connectivity index is 1.53. The summed E-state index contributed by atoms with van der Waals surface area (Å²) in [7, 11) is 1.30. The summed E-state index contributed by atoms with van der Waals surface area (Å²) in [4.78, 5) is 34.9. The van der Waals surface area contributed by atoms with Crippen molar-refractivity contribution in [2.24, 2.45) is 0 Å². The van der Waals surface area contributed by atoms with Gasteiger partial charge >= 0.3 is 5.97 Å². The minimum Gasteiger partial charge on any atom is -0.491 e. The number of aliphatic hydroxyl groups excluding tert-OH is 1. The average molecular weight is 484 g/mol. The number of thiophene rings is 1. The first kappa shape index (κ1) is 23.7. The molecule has 3 heterocycles. The molecule has 0 radical (unpaired) electrons. The number of hydrogen-bond acceptors (Lipinski definition) is 9. The van der Waals surface area contributed by atoms with Crippen molar-refractivity contribution in [1.29, 1.82) is 0 Å². The van der Waals surface area contributed by atoms with E-state index in [1.165, 1.54) is 7.11 Å². The molecule has 1 aromatic carbocycles. The number of methoxy groups -OCH3 is 1. The topological polar surface area (TPSA) is 118 Å². The van der Waals surface area contributed by atoms with E-state index >= 15 is 0 Å². The predicted octanol–water partition coefficient (Wildman–Crippen LogP) is 3.11. The van der Waals surface area contributed by atoms with Crippen LogP contribution in [-0.2, 0) is 17.8 Å². The maximum Gasteiger partial charge on any atom is 0.348 e. The first-order valence-corrected chi connectivity index (χ1v) is 11.5. The molecule has 1 unspecified atom stereocenters. The lowest BCUT2D eigenvalue weighted by Gasteiger charge is -2.24. The summed E-state index contributed by atoms with van der Waals surface area (Å²) in [5, 5.41) is 11.0. The number of carbonyl (C=O) groups is 1. The van der Waals surface area contributed by atoms with Gasteiger partial charge in [0.15, 0.2) is 0 Å². The molecular weight excluding hydrogens is 458 g/mol. The van der Waals surface area contributed by atoms with Gasteiger partial charge in [-0.1, -0.05) is 18.2 Å². The molecule has 0 aliphatic heterocycles. The maximum atomic E-state index is 12.8. The van der Waals surface area contributed by atoms with Crippen molar-refractivity contribution in [3.05, 3.63) is 81.1 Å². The summed E-state index contributed by atoms with van der Waals surface area (Å²) in [5.41, 5.74) is 0.225. The zero-order chi connectivity index (χ0) is 24.1. The second kappa shape index (κ2) is 10.6. The summed E-state index contributed by atoms with van der Waals surface area (Å²) < 4.78 is 15.9. The third-order valence-corrected chi connectivity index (χ3v) is 6.37. The molecule has 4 aromatic rings. The van der Waals surface area contributed by atoms with Crippen LogP contribution in [0.4, 0.5) is 0 Å². The van der Waals surface area contributed by atoms with Gasteiger partial charge < -0.3 is 24.0 Å². The lowest BCUT2D eigenvalue weighted by atomic mass is 10.2. The third kappa shape index (κ3) is 5.53. The number of nitrogens with zero attached hydrogens (tertiary/aromatic N) is 2. The number of ether oxygens (including phenoxy) is 2. The molecule has 0 bridgehead atoms. The van der Waals surface area contributed by atoms with E-state index < -0.39 is 12.1 Å². The Bertz CT molecular complexity index is 1300. The molecule has 1 atom stereocenters. The molecule has 2 N–H and O–H groups in total. The maximum absolute atomic E-state index is 12.8. The third-order valence-electron chi connectivity index (χ3n) is 5.21. The van der Waals surface area contributed by atoms with Crippen LogP contribution in [-0.4, -0.2) is 52.3 Å². The number of carbonyl (C=O) groups excluding carboxylic acids is 1. The molecule has 178 valence electrons. The number of rotatable bonds is 10. The van der Waals surface area contributed by atoms with Gasteiger partial charge in [0.05, 0.1) is 31.8 Å². The molecule has 0 aliphatic rings. The highest BCUT2D eigenvalue weighted by molar-refractivity contribution is 7.20. The Labute approximate surface area is 199 Å². The van der Waals surface area contributed by atoms with Crippen LogP contribution in [0.25, 0.3) is 10.2 Å². The number of benzene rings is 1. The van der Waals surface area contributed by atoms with Crippen LogP contribution in [0.1, 0.15) is 26.8 Å². The summed E-state index contributed by atoms with van der Waals surface area (Å²) >= 11 is 1.12. The number of aryl methyl sites for hydroxylation is 1. The zero-order valence-corrected chi connectivity index (χ0v) is 19.6. The van der Waals surface area contributed by atoms with E-state index in [2.05, 4.69) is 9.97 Å². The number of hydrogen-bond donors (Lipinski definition) is 2. The standard InChI is InChI=1S/C24H25N3O6S/c1-15-20-22(29)25-19(26-23(20)34-21(15)24(30)31-2)13-27(12-18-9-6-10-32-18)11-16(28)14-33-17-7-4-3-5-8-17/h3-10,16,28H,11-14H2,1-2H3,(H,25,26,29). The van der Waals surface area contributed by atoms with Crippen molar-refractivity contribution >= 4 is 27.5 Å². The molecule has 0 saturated carbocycles. The number of para-hydroxylation sites is 1. The van der Waals surface area contributed by atoms with Gasteiger partial charge in [-0.05, 0) is 36.8 Å². The number of H-pyrrole nitrogens is 1. The zero-order valence-electron chi connectivity index (χ0n) is 18.8. The number of aromatic nitrogens is 2. The fraction of sp³-hybridized carbons (Fsp3) is 0.292. The van der Waals surface area contributed by atoms with Crippen molar-refractivity contribution < 1.29 is 23.8 Å². The van der Waals surface area contributed by atoms with Crippen LogP contribution in [0.5, 0.6) is 5.75 Å². The monoisotopic (exact) mass is 483 g/mol. The normalized spacial score (nSPS) is 12.2. The predicted molar refractivity (Wildman–Crippen MR) is 127 cm³/mol. The van der Waals surface area contributed by atoms with Crippen LogP contribution in [0.15, 0.2) is 57.9 Å². The lowest BCUT2D eigenvalue weighted by Crippen LogP contribution is -2.35. The quantitative estimate of drug-likeness (QED) is 0.331. The SMILES string of the molecule is COC(=O)c1sc2nc(CN(Cc3ccco3)CC(O)COc3ccccc3)[nH]c(=O)c2c1C. The largest absolute Gasteiger partial charge is 0.491 e. The molecular formula is C24H25N3O6S. The van der Waals surface area contributed by atoms with Crippen LogP contribution >= 0.6 is 11.3 Å². The molecule has 10 heteroatoms. The number of aromatic amines is 1. The van der Waals surface area contributed by atoms with E-state index in [0.29, 0.717) is 44.5 Å². The Kier molecular flexibility index (Phi) is 7.41. The van der Waals surface area contributed by atoms with E-state index in [1.807, 2.05) is 41.3 Å². The van der Waals surface area contributed by atoms with Gasteiger partial charge in [0.25, 0.3) is 5.56 Å². The summed E-state index contributed by atoms with van der Waals surface area (Å²) in [6.45, 7) is 2.71. The second-order valence-electron chi connectivity index (χ2n) is 7.77. The molecule has 0 aliphatic carbocycles. The van der Waals surface area contributed by atoms with Crippen molar-refractivity contribution in [1.82, 2.24) is 14.9 Å². The summed E-state index contributed by atoms with van der Waals surface area (Å²) in [6.07, 6.45) is 0.790. The van der Waals surface area contributed by atoms with Gasteiger partial charge in [-0.3, -0.25) is 9.69 Å². The van der Waals surface area contributed by atoms with Crippen LogP contribution in [0.2, 0.25) is 0 Å². The Morgan fingerprint density at radius 1 is 1.24 bits per heavy atom. The van der Waals surface area contributed by atoms with E-state index in [0.717, 1.165) is 11.3 Å². The van der Waals surface area contributed by atoms with E-state index in [4.69, 9.17) is 13.9 Å². The summed E-state index contributed by atoms with van der Waals surface area (Å²) in [5.74, 6) is 1.30. The molecule has 34 heavy (non-hydrogen) atoms. The highest BCUT2D eigenvalue weighted by atomic mass is 32.1. The molecule has 9 nitrogen and oxygen atoms in total. The van der Waals surface area contributed by atoms with Crippen molar-refractivity contribution in [3.8, 4) is 5.75 Å². The Morgan fingerprint density at radius 3 is 2.74 bits per heavy atom. The Morgan fingerprint density at radius 2 is 2.03 bits per heavy atom. The van der Waals surface area contributed by atoms with Crippen LogP contribution < -0.4 is 10.3 Å². The number of furan rings is 1. The van der Waals surface area contributed by atoms with E-state index in [9.17, 15) is 14.7 Å². The van der Waals surface area contributed by atoms with Gasteiger partial charge in [-0.15, -0.1) is 11.3 Å². The highest BCUT2D eigenvalue weighted by Crippen LogP contribution is 2.27.